The topological polar surface area (TPSA) is 58.4 Å². The van der Waals surface area contributed by atoms with Crippen LogP contribution in [0.2, 0.25) is 0 Å². The summed E-state index contributed by atoms with van der Waals surface area (Å²) in [7, 11) is 0. The Kier molecular flexibility index (Phi) is 3.64. The van der Waals surface area contributed by atoms with Crippen molar-refractivity contribution in [1.82, 2.24) is 4.90 Å². The van der Waals surface area contributed by atoms with Crippen LogP contribution in [0.25, 0.3) is 0 Å². The molecule has 0 aliphatic carbocycles. The Balaban J connectivity index is 1.88. The summed E-state index contributed by atoms with van der Waals surface area (Å²) in [5.74, 6) is 0.0439. The van der Waals surface area contributed by atoms with Gasteiger partial charge in [0, 0.05) is 24.8 Å². The molecule has 0 radical (unpaired) electrons. The van der Waals surface area contributed by atoms with Crippen molar-refractivity contribution in [3.8, 4) is 0 Å². The van der Waals surface area contributed by atoms with E-state index in [1.807, 2.05) is 35.2 Å². The van der Waals surface area contributed by atoms with Gasteiger partial charge < -0.3 is 16.0 Å². The minimum absolute atomic E-state index is 0.0439. The Morgan fingerprint density at radius 1 is 1.47 bits per heavy atom. The van der Waals surface area contributed by atoms with Crippen LogP contribution in [0.5, 0.6) is 0 Å². The van der Waals surface area contributed by atoms with Crippen LogP contribution in [0.4, 0.5) is 5.69 Å². The number of carbonyl (C=O) groups is 1. The molecule has 1 aliphatic heterocycles. The Morgan fingerprint density at radius 3 is 2.82 bits per heavy atom. The molecule has 1 heterocycles. The summed E-state index contributed by atoms with van der Waals surface area (Å²) in [6, 6.07) is 10.0. The van der Waals surface area contributed by atoms with Gasteiger partial charge in [-0.15, -0.1) is 0 Å². The summed E-state index contributed by atoms with van der Waals surface area (Å²) >= 11 is 0. The van der Waals surface area contributed by atoms with Crippen molar-refractivity contribution in [3.05, 3.63) is 30.3 Å². The maximum Gasteiger partial charge on any atom is 0.239 e. The average molecular weight is 233 g/mol. The minimum atomic E-state index is -0.398. The first kappa shape index (κ1) is 11.9. The molecule has 2 rings (SSSR count). The average Bonchev–Trinajstić information content (AvgIpc) is 2.77. The first-order valence-corrected chi connectivity index (χ1v) is 6.03. The maximum atomic E-state index is 11.7. The number of nitrogens with zero attached hydrogens (tertiary/aromatic N) is 1. The third-order valence-corrected chi connectivity index (χ3v) is 3.03. The van der Waals surface area contributed by atoms with E-state index in [0.717, 1.165) is 25.2 Å². The lowest BCUT2D eigenvalue weighted by Crippen LogP contribution is -2.41. The van der Waals surface area contributed by atoms with E-state index >= 15 is 0 Å². The summed E-state index contributed by atoms with van der Waals surface area (Å²) in [4.78, 5) is 13.6. The van der Waals surface area contributed by atoms with Gasteiger partial charge in [-0.3, -0.25) is 4.79 Å². The van der Waals surface area contributed by atoms with Crippen molar-refractivity contribution in [2.45, 2.75) is 25.4 Å². The molecule has 2 atom stereocenters. The molecule has 1 saturated heterocycles. The normalized spacial score (nSPS) is 21.3. The molecule has 1 amide bonds. The molecule has 0 spiro atoms. The van der Waals surface area contributed by atoms with Gasteiger partial charge in [-0.05, 0) is 25.5 Å². The van der Waals surface area contributed by atoms with Crippen molar-refractivity contribution < 1.29 is 4.79 Å². The molecular formula is C13H19N3O. The molecule has 4 nitrogen and oxygen atoms in total. The molecule has 1 aliphatic rings. The van der Waals surface area contributed by atoms with Gasteiger partial charge in [0.25, 0.3) is 0 Å². The number of nitrogens with one attached hydrogen (secondary N) is 1. The molecule has 17 heavy (non-hydrogen) atoms. The van der Waals surface area contributed by atoms with E-state index < -0.39 is 6.04 Å². The minimum Gasteiger partial charge on any atom is -0.380 e. The van der Waals surface area contributed by atoms with Crippen LogP contribution in [0.1, 0.15) is 13.3 Å². The van der Waals surface area contributed by atoms with E-state index in [1.54, 1.807) is 6.92 Å². The van der Waals surface area contributed by atoms with Gasteiger partial charge in [-0.1, -0.05) is 18.2 Å². The van der Waals surface area contributed by atoms with Crippen LogP contribution >= 0.6 is 0 Å². The molecule has 4 heteroatoms. The number of amides is 1. The van der Waals surface area contributed by atoms with Crippen molar-refractivity contribution >= 4 is 11.6 Å². The number of carbonyl (C=O) groups excluding carboxylic acids is 1. The number of hydrogen-bond donors (Lipinski definition) is 2. The van der Waals surface area contributed by atoms with Gasteiger partial charge in [-0.2, -0.15) is 0 Å². The summed E-state index contributed by atoms with van der Waals surface area (Å²) < 4.78 is 0. The van der Waals surface area contributed by atoms with E-state index in [0.29, 0.717) is 6.04 Å². The first-order valence-electron chi connectivity index (χ1n) is 6.03. The Morgan fingerprint density at radius 2 is 2.18 bits per heavy atom. The van der Waals surface area contributed by atoms with Gasteiger partial charge in [0.2, 0.25) is 5.91 Å². The molecule has 0 bridgehead atoms. The fourth-order valence-corrected chi connectivity index (χ4v) is 2.14. The highest BCUT2D eigenvalue weighted by molar-refractivity contribution is 5.81. The molecule has 1 fully saturated rings. The van der Waals surface area contributed by atoms with Gasteiger partial charge in [0.05, 0.1) is 6.04 Å². The first-order chi connectivity index (χ1) is 8.16. The highest BCUT2D eigenvalue weighted by Crippen LogP contribution is 2.16. The van der Waals surface area contributed by atoms with Crippen LogP contribution in [0, 0.1) is 0 Å². The van der Waals surface area contributed by atoms with Crippen molar-refractivity contribution in [2.75, 3.05) is 18.4 Å². The number of hydrogen-bond acceptors (Lipinski definition) is 3. The summed E-state index contributed by atoms with van der Waals surface area (Å²) in [5, 5.41) is 3.43. The quantitative estimate of drug-likeness (QED) is 0.820. The summed E-state index contributed by atoms with van der Waals surface area (Å²) in [6.07, 6.45) is 0.980. The Hall–Kier alpha value is -1.55. The molecule has 0 saturated carbocycles. The van der Waals surface area contributed by atoms with Gasteiger partial charge in [0.15, 0.2) is 0 Å². The Bertz CT molecular complexity index is 378. The van der Waals surface area contributed by atoms with E-state index in [9.17, 15) is 4.79 Å². The van der Waals surface area contributed by atoms with Crippen molar-refractivity contribution in [1.29, 1.82) is 0 Å². The summed E-state index contributed by atoms with van der Waals surface area (Å²) in [6.45, 7) is 3.28. The lowest BCUT2D eigenvalue weighted by Gasteiger charge is -2.19. The van der Waals surface area contributed by atoms with Crippen molar-refractivity contribution in [3.63, 3.8) is 0 Å². The number of rotatable bonds is 3. The largest absolute Gasteiger partial charge is 0.380 e. The summed E-state index contributed by atoms with van der Waals surface area (Å²) in [5.41, 5.74) is 6.71. The van der Waals surface area contributed by atoms with E-state index in [-0.39, 0.29) is 5.91 Å². The van der Waals surface area contributed by atoms with Crippen LogP contribution in [-0.2, 0) is 4.79 Å². The standard InChI is InChI=1S/C13H19N3O/c1-10(14)13(17)16-8-7-12(9-16)15-11-5-3-2-4-6-11/h2-6,10,12,15H,7-9,14H2,1H3/t10-,12?/m1/s1. The van der Waals surface area contributed by atoms with Crippen LogP contribution in [0.3, 0.4) is 0 Å². The Labute approximate surface area is 102 Å². The van der Waals surface area contributed by atoms with Gasteiger partial charge in [-0.25, -0.2) is 0 Å². The van der Waals surface area contributed by atoms with Gasteiger partial charge in [0.1, 0.15) is 0 Å². The van der Waals surface area contributed by atoms with Crippen LogP contribution < -0.4 is 11.1 Å². The molecule has 1 aromatic carbocycles. The maximum absolute atomic E-state index is 11.7. The van der Waals surface area contributed by atoms with E-state index in [2.05, 4.69) is 5.32 Å². The zero-order chi connectivity index (χ0) is 12.3. The number of benzene rings is 1. The highest BCUT2D eigenvalue weighted by atomic mass is 16.2. The second-order valence-corrected chi connectivity index (χ2v) is 4.57. The van der Waals surface area contributed by atoms with E-state index in [4.69, 9.17) is 5.73 Å². The van der Waals surface area contributed by atoms with Gasteiger partial charge >= 0.3 is 0 Å². The molecule has 92 valence electrons. The lowest BCUT2D eigenvalue weighted by molar-refractivity contribution is -0.131. The highest BCUT2D eigenvalue weighted by Gasteiger charge is 2.27. The van der Waals surface area contributed by atoms with Crippen molar-refractivity contribution in [2.24, 2.45) is 5.73 Å². The SMILES string of the molecule is C[C@@H](N)C(=O)N1CCC(Nc2ccccc2)C1. The predicted octanol–water partition coefficient (Wildman–Crippen LogP) is 1.05. The fraction of sp³-hybridized carbons (Fsp3) is 0.462. The third-order valence-electron chi connectivity index (χ3n) is 3.03. The van der Waals surface area contributed by atoms with Crippen LogP contribution in [0.15, 0.2) is 30.3 Å². The molecule has 3 N–H and O–H groups in total. The zero-order valence-electron chi connectivity index (χ0n) is 10.1. The second kappa shape index (κ2) is 5.19. The predicted molar refractivity (Wildman–Crippen MR) is 68.7 cm³/mol. The third kappa shape index (κ3) is 2.97. The molecule has 0 aromatic heterocycles. The molecule has 1 aromatic rings. The fourth-order valence-electron chi connectivity index (χ4n) is 2.14. The zero-order valence-corrected chi connectivity index (χ0v) is 10.1. The number of para-hydroxylation sites is 1. The lowest BCUT2D eigenvalue weighted by atomic mass is 10.2. The van der Waals surface area contributed by atoms with E-state index in [1.165, 1.54) is 0 Å². The second-order valence-electron chi connectivity index (χ2n) is 4.57. The smallest absolute Gasteiger partial charge is 0.239 e. The monoisotopic (exact) mass is 233 g/mol. The molecular weight excluding hydrogens is 214 g/mol. The number of nitrogens with two attached hydrogens (primary N) is 1. The molecule has 1 unspecified atom stereocenters. The number of anilines is 1. The number of likely N-dealkylation sites (tertiary alicyclic amines) is 1. The van der Waals surface area contributed by atoms with Crippen LogP contribution in [-0.4, -0.2) is 36.0 Å².